The van der Waals surface area contributed by atoms with Gasteiger partial charge in [-0.25, -0.2) is 0 Å². The highest BCUT2D eigenvalue weighted by Gasteiger charge is 2.12. The molecular weight excluding hydrogens is 352 g/mol. The van der Waals surface area contributed by atoms with Crippen molar-refractivity contribution in [3.8, 4) is 6.07 Å². The number of carbonyl (C=O) groups excluding carboxylic acids is 1. The van der Waals surface area contributed by atoms with Crippen molar-refractivity contribution in [3.63, 3.8) is 0 Å². The molecule has 0 amide bonds. The van der Waals surface area contributed by atoms with Gasteiger partial charge >= 0.3 is 0 Å². The molecule has 0 heterocycles. The van der Waals surface area contributed by atoms with Gasteiger partial charge in [0.1, 0.15) is 18.7 Å². The predicted molar refractivity (Wildman–Crippen MR) is 103 cm³/mol. The van der Waals surface area contributed by atoms with Gasteiger partial charge in [-0.3, -0.25) is 0 Å². The molecule has 142 valence electrons. The molecule has 0 aliphatic heterocycles. The molecule has 0 aliphatic carbocycles. The van der Waals surface area contributed by atoms with Crippen molar-refractivity contribution >= 4 is 5.97 Å². The summed E-state index contributed by atoms with van der Waals surface area (Å²) < 4.78 is 0. The number of nitrogens with zero attached hydrogens (tertiary/aromatic N) is 1. The van der Waals surface area contributed by atoms with Crippen molar-refractivity contribution in [1.29, 1.82) is 5.26 Å². The Kier molecular flexibility index (Phi) is 8.41. The first kappa shape index (κ1) is 20.8. The van der Waals surface area contributed by atoms with E-state index in [4.69, 9.17) is 5.11 Å². The molecular formula is C23H22N2O3. The van der Waals surface area contributed by atoms with Crippen LogP contribution in [0.15, 0.2) is 91.0 Å². The first-order valence-corrected chi connectivity index (χ1v) is 8.87. The number of hydrogen-bond donors (Lipinski definition) is 2. The van der Waals surface area contributed by atoms with Crippen molar-refractivity contribution in [2.45, 2.75) is 18.7 Å². The molecule has 0 aromatic heterocycles. The lowest BCUT2D eigenvalue weighted by atomic mass is 10.1. The quantitative estimate of drug-likeness (QED) is 0.682. The molecule has 0 unspecified atom stereocenters. The van der Waals surface area contributed by atoms with Crippen LogP contribution in [0, 0.1) is 11.3 Å². The number of benzene rings is 3. The summed E-state index contributed by atoms with van der Waals surface area (Å²) in [7, 11) is 0. The van der Waals surface area contributed by atoms with Gasteiger partial charge in [-0.2, -0.15) is 5.26 Å². The third-order valence-electron chi connectivity index (χ3n) is 4.07. The van der Waals surface area contributed by atoms with E-state index in [0.29, 0.717) is 5.56 Å². The monoisotopic (exact) mass is 374 g/mol. The fourth-order valence-electron chi connectivity index (χ4n) is 2.56. The van der Waals surface area contributed by atoms with Crippen LogP contribution in [0.1, 0.15) is 28.8 Å². The topological polar surface area (TPSA) is 101 Å². The molecule has 28 heavy (non-hydrogen) atoms. The Hall–Kier alpha value is -3.46. The van der Waals surface area contributed by atoms with Crippen LogP contribution in [0.25, 0.3) is 0 Å². The number of aliphatic hydroxyl groups excluding tert-OH is 1. The first-order valence-electron chi connectivity index (χ1n) is 8.87. The van der Waals surface area contributed by atoms with E-state index in [1.165, 1.54) is 17.7 Å². The molecule has 0 bridgehead atoms. The molecule has 3 aromatic carbocycles. The van der Waals surface area contributed by atoms with Gasteiger partial charge in [0.25, 0.3) is 0 Å². The third-order valence-corrected chi connectivity index (χ3v) is 4.07. The Morgan fingerprint density at radius 2 is 1.36 bits per heavy atom. The lowest BCUT2D eigenvalue weighted by Crippen LogP contribution is -2.83. The molecule has 0 radical (unpaired) electrons. The lowest BCUT2D eigenvalue weighted by Gasteiger charge is -2.10. The molecule has 3 N–H and O–H groups in total. The number of quaternary nitrogens is 1. The Labute approximate surface area is 164 Å². The number of hydrogen-bond acceptors (Lipinski definition) is 4. The van der Waals surface area contributed by atoms with Crippen LogP contribution < -0.4 is 10.4 Å². The Bertz CT molecular complexity index is 878. The van der Waals surface area contributed by atoms with Crippen molar-refractivity contribution in [2.75, 3.05) is 0 Å². The second-order valence-corrected chi connectivity index (χ2v) is 6.08. The maximum absolute atomic E-state index is 10.1. The van der Waals surface area contributed by atoms with E-state index in [1.54, 1.807) is 18.2 Å². The second-order valence-electron chi connectivity index (χ2n) is 6.08. The summed E-state index contributed by atoms with van der Waals surface area (Å²) in [6.45, 7) is 0.827. The lowest BCUT2D eigenvalue weighted by molar-refractivity contribution is -0.699. The smallest absolute Gasteiger partial charge is 0.199 e. The van der Waals surface area contributed by atoms with Crippen molar-refractivity contribution in [1.82, 2.24) is 0 Å². The first-order chi connectivity index (χ1) is 13.6. The van der Waals surface area contributed by atoms with E-state index in [0.717, 1.165) is 12.1 Å². The summed E-state index contributed by atoms with van der Waals surface area (Å²) in [6, 6.07) is 30.4. The molecule has 0 saturated carbocycles. The van der Waals surface area contributed by atoms with Gasteiger partial charge in [0.15, 0.2) is 6.04 Å². The Morgan fingerprint density at radius 3 is 1.82 bits per heavy atom. The number of carbonyl (C=O) groups is 1. The van der Waals surface area contributed by atoms with Crippen molar-refractivity contribution in [2.24, 2.45) is 0 Å². The van der Waals surface area contributed by atoms with E-state index in [9.17, 15) is 15.2 Å². The summed E-state index contributed by atoms with van der Waals surface area (Å²) in [6.07, 6.45) is -1.52. The summed E-state index contributed by atoms with van der Waals surface area (Å²) in [4.78, 5) is 10.1. The largest absolute Gasteiger partial charge is 0.547 e. The molecule has 5 nitrogen and oxygen atoms in total. The van der Waals surface area contributed by atoms with Crippen LogP contribution in [0.2, 0.25) is 0 Å². The van der Waals surface area contributed by atoms with Gasteiger partial charge < -0.3 is 20.3 Å². The van der Waals surface area contributed by atoms with E-state index in [2.05, 4.69) is 23.5 Å². The number of aliphatic hydroxyl groups is 1. The van der Waals surface area contributed by atoms with Crippen LogP contribution in [0.3, 0.4) is 0 Å². The zero-order valence-electron chi connectivity index (χ0n) is 15.3. The number of carboxylic acids is 1. The number of nitriles is 1. The number of aliphatic carboxylic acids is 1. The van der Waals surface area contributed by atoms with E-state index < -0.39 is 12.1 Å². The van der Waals surface area contributed by atoms with E-state index in [1.807, 2.05) is 48.5 Å². The van der Waals surface area contributed by atoms with E-state index in [-0.39, 0.29) is 6.04 Å². The minimum absolute atomic E-state index is 0.128. The summed E-state index contributed by atoms with van der Waals surface area (Å²) in [5, 5.41) is 30.3. The zero-order chi connectivity index (χ0) is 20.2. The molecule has 5 heteroatoms. The average Bonchev–Trinajstić information content (AvgIpc) is 2.76. The Morgan fingerprint density at radius 1 is 0.893 bits per heavy atom. The van der Waals surface area contributed by atoms with Crippen LogP contribution in [-0.4, -0.2) is 11.1 Å². The molecule has 3 aromatic rings. The van der Waals surface area contributed by atoms with Crippen LogP contribution >= 0.6 is 0 Å². The summed E-state index contributed by atoms with van der Waals surface area (Å²) in [5.41, 5.74) is 2.64. The Balaban J connectivity index is 0.000000221. The van der Waals surface area contributed by atoms with Gasteiger partial charge in [0, 0.05) is 11.1 Å². The van der Waals surface area contributed by atoms with Crippen molar-refractivity contribution in [3.05, 3.63) is 108 Å². The summed E-state index contributed by atoms with van der Waals surface area (Å²) >= 11 is 0. The van der Waals surface area contributed by atoms with Gasteiger partial charge in [0.2, 0.25) is 0 Å². The van der Waals surface area contributed by atoms with Gasteiger partial charge in [-0.15, -0.1) is 0 Å². The minimum Gasteiger partial charge on any atom is -0.547 e. The van der Waals surface area contributed by atoms with Gasteiger partial charge in [0.05, 0.1) is 5.97 Å². The molecule has 0 spiro atoms. The fourth-order valence-corrected chi connectivity index (χ4v) is 2.56. The highest BCUT2D eigenvalue weighted by Crippen LogP contribution is 2.10. The molecule has 0 fully saturated rings. The summed E-state index contributed by atoms with van der Waals surface area (Å²) in [5.74, 6) is -1.48. The highest BCUT2D eigenvalue weighted by molar-refractivity contribution is 5.71. The number of rotatable bonds is 6. The molecule has 0 saturated heterocycles. The van der Waals surface area contributed by atoms with Crippen LogP contribution in [0.4, 0.5) is 0 Å². The average molecular weight is 374 g/mol. The maximum Gasteiger partial charge on any atom is 0.199 e. The molecule has 0 aliphatic rings. The number of nitrogens with two attached hydrogens (primary N) is 1. The molecule has 3 rings (SSSR count). The molecule has 2 atom stereocenters. The minimum atomic E-state index is -1.52. The number of carboxylic acid groups (broad SMARTS) is 1. The second kappa shape index (κ2) is 11.3. The highest BCUT2D eigenvalue weighted by atomic mass is 16.4. The predicted octanol–water partition coefficient (Wildman–Crippen LogP) is 1.48. The van der Waals surface area contributed by atoms with Gasteiger partial charge in [-0.05, 0) is 5.56 Å². The van der Waals surface area contributed by atoms with Crippen molar-refractivity contribution < 1.29 is 20.3 Å². The van der Waals surface area contributed by atoms with E-state index >= 15 is 0 Å². The normalized spacial score (nSPS) is 12.0. The zero-order valence-corrected chi connectivity index (χ0v) is 15.3. The SMILES string of the molecule is N#C[C@@H]([NH2+]Cc1ccccc1)c1ccccc1.O=C([O-])[C@H](O)c1ccccc1. The standard InChI is InChI=1S/C15H14N2.C8H8O3/c16-11-15(14-9-5-2-6-10-14)17-12-13-7-3-1-4-8-13;9-7(8(10)11)6-4-2-1-3-5-6/h1-10,15,17H,12H2;1-5,7,9H,(H,10,11)/t15-;7-/m11/s1. The van der Waals surface area contributed by atoms with Gasteiger partial charge in [-0.1, -0.05) is 91.0 Å². The maximum atomic E-state index is 10.1. The van der Waals surface area contributed by atoms with Crippen LogP contribution in [-0.2, 0) is 11.3 Å². The third kappa shape index (κ3) is 6.69. The van der Waals surface area contributed by atoms with Crippen LogP contribution in [0.5, 0.6) is 0 Å². The fraction of sp³-hybridized carbons (Fsp3) is 0.130.